The van der Waals surface area contributed by atoms with Gasteiger partial charge in [-0.05, 0) is 47.9 Å². The zero-order valence-electron chi connectivity index (χ0n) is 20.2. The summed E-state index contributed by atoms with van der Waals surface area (Å²) in [5.41, 5.74) is 5.12. The fourth-order valence-corrected chi connectivity index (χ4v) is 4.94. The van der Waals surface area contributed by atoms with E-state index < -0.39 is 12.1 Å². The highest BCUT2D eigenvalue weighted by Crippen LogP contribution is 2.29. The first-order valence-electron chi connectivity index (χ1n) is 11.8. The molecule has 5 rings (SSSR count). The maximum atomic E-state index is 13.4. The van der Waals surface area contributed by atoms with E-state index in [9.17, 15) is 14.4 Å². The van der Waals surface area contributed by atoms with Crippen LogP contribution < -0.4 is 15.5 Å². The summed E-state index contributed by atoms with van der Waals surface area (Å²) in [4.78, 5) is 44.9. The molecule has 2 unspecified atom stereocenters. The number of nitrogens with one attached hydrogen (secondary N) is 2. The van der Waals surface area contributed by atoms with Crippen molar-refractivity contribution < 1.29 is 14.4 Å². The third-order valence-corrected chi connectivity index (χ3v) is 7.40. The monoisotopic (exact) mass is 534 g/mol. The predicted molar refractivity (Wildman–Crippen MR) is 144 cm³/mol. The molecule has 3 aromatic carbocycles. The van der Waals surface area contributed by atoms with Crippen LogP contribution in [0.3, 0.4) is 0 Å². The standard InChI is InChI=1S/C28H24Cl2N4O3/c1-15(11-16-7-10-21(29)22(30)12-16)26(35)33-25-28(37)34(2)23-6-4-3-5-20(23)24(32-25)17-8-9-19-18(13-17)14-31-27(19)36/h3-10,12-13,15,25H,11,14H2,1-2H3,(H,31,36)(H,33,35). The number of halogens is 2. The highest BCUT2D eigenvalue weighted by molar-refractivity contribution is 6.42. The number of carbonyl (C=O) groups excluding carboxylic acids is 3. The molecule has 9 heteroatoms. The largest absolute Gasteiger partial charge is 0.348 e. The summed E-state index contributed by atoms with van der Waals surface area (Å²) >= 11 is 12.1. The van der Waals surface area contributed by atoms with E-state index in [1.165, 1.54) is 4.90 Å². The summed E-state index contributed by atoms with van der Waals surface area (Å²) in [5.74, 6) is -1.22. The third kappa shape index (κ3) is 4.84. The number of para-hydroxylation sites is 1. The van der Waals surface area contributed by atoms with Gasteiger partial charge in [0.25, 0.3) is 11.8 Å². The minimum absolute atomic E-state index is 0.110. The molecule has 0 spiro atoms. The lowest BCUT2D eigenvalue weighted by Gasteiger charge is -2.22. The van der Waals surface area contributed by atoms with E-state index in [0.717, 1.165) is 22.3 Å². The number of fused-ring (bicyclic) bond motifs is 2. The second kappa shape index (κ2) is 10.00. The van der Waals surface area contributed by atoms with Crippen LogP contribution in [-0.2, 0) is 22.6 Å². The van der Waals surface area contributed by atoms with Crippen LogP contribution >= 0.6 is 23.2 Å². The summed E-state index contributed by atoms with van der Waals surface area (Å²) in [6.07, 6.45) is -0.702. The van der Waals surface area contributed by atoms with Gasteiger partial charge in [0.05, 0.1) is 21.4 Å². The van der Waals surface area contributed by atoms with Gasteiger partial charge in [-0.1, -0.05) is 60.5 Å². The van der Waals surface area contributed by atoms with Gasteiger partial charge in [-0.25, -0.2) is 4.99 Å². The Morgan fingerprint density at radius 3 is 2.65 bits per heavy atom. The van der Waals surface area contributed by atoms with Gasteiger partial charge < -0.3 is 15.5 Å². The second-order valence-electron chi connectivity index (χ2n) is 9.21. The molecule has 188 valence electrons. The molecule has 0 saturated carbocycles. The molecule has 7 nitrogen and oxygen atoms in total. The van der Waals surface area contributed by atoms with Crippen LogP contribution in [0.4, 0.5) is 5.69 Å². The highest BCUT2D eigenvalue weighted by atomic mass is 35.5. The summed E-state index contributed by atoms with van der Waals surface area (Å²) < 4.78 is 0. The fourth-order valence-electron chi connectivity index (χ4n) is 4.62. The second-order valence-corrected chi connectivity index (χ2v) is 10.0. The maximum absolute atomic E-state index is 13.4. The minimum Gasteiger partial charge on any atom is -0.348 e. The van der Waals surface area contributed by atoms with Crippen molar-refractivity contribution in [3.8, 4) is 0 Å². The number of amides is 3. The number of aliphatic imine (C=N–C) groups is 1. The highest BCUT2D eigenvalue weighted by Gasteiger charge is 2.32. The Balaban J connectivity index is 1.47. The molecular weight excluding hydrogens is 511 g/mol. The van der Waals surface area contributed by atoms with Gasteiger partial charge in [-0.3, -0.25) is 14.4 Å². The topological polar surface area (TPSA) is 90.9 Å². The average Bonchev–Trinajstić information content (AvgIpc) is 3.23. The predicted octanol–water partition coefficient (Wildman–Crippen LogP) is 4.37. The van der Waals surface area contributed by atoms with Crippen LogP contribution in [0.1, 0.15) is 39.5 Å². The lowest BCUT2D eigenvalue weighted by atomic mass is 9.97. The first-order chi connectivity index (χ1) is 17.7. The van der Waals surface area contributed by atoms with Crippen molar-refractivity contribution in [3.63, 3.8) is 0 Å². The number of hydrogen-bond donors (Lipinski definition) is 2. The van der Waals surface area contributed by atoms with Crippen molar-refractivity contribution >= 4 is 52.3 Å². The average molecular weight is 535 g/mol. The van der Waals surface area contributed by atoms with Gasteiger partial charge in [0.2, 0.25) is 12.1 Å². The Bertz CT molecular complexity index is 1470. The molecule has 0 radical (unpaired) electrons. The van der Waals surface area contributed by atoms with Crippen molar-refractivity contribution in [2.45, 2.75) is 26.1 Å². The summed E-state index contributed by atoms with van der Waals surface area (Å²) in [6, 6.07) is 18.2. The van der Waals surface area contributed by atoms with E-state index in [1.807, 2.05) is 42.5 Å². The number of benzene rings is 3. The van der Waals surface area contributed by atoms with Crippen LogP contribution in [-0.4, -0.2) is 36.6 Å². The first kappa shape index (κ1) is 25.0. The smallest absolute Gasteiger partial charge is 0.272 e. The Labute approximate surface area is 224 Å². The SMILES string of the molecule is CC(Cc1ccc(Cl)c(Cl)c1)C(=O)NC1N=C(c2ccc3c(c2)CNC3=O)c2ccccc2N(C)C1=O. The van der Waals surface area contributed by atoms with Crippen molar-refractivity contribution in [1.82, 2.24) is 10.6 Å². The van der Waals surface area contributed by atoms with Gasteiger partial charge in [0.1, 0.15) is 0 Å². The van der Waals surface area contributed by atoms with E-state index in [4.69, 9.17) is 28.2 Å². The molecule has 37 heavy (non-hydrogen) atoms. The molecule has 2 aliphatic rings. The minimum atomic E-state index is -1.12. The van der Waals surface area contributed by atoms with E-state index in [2.05, 4.69) is 10.6 Å². The first-order valence-corrected chi connectivity index (χ1v) is 12.6. The molecular formula is C28H24Cl2N4O3. The van der Waals surface area contributed by atoms with Crippen LogP contribution in [0.5, 0.6) is 0 Å². The molecule has 3 amide bonds. The lowest BCUT2D eigenvalue weighted by Crippen LogP contribution is -2.47. The van der Waals surface area contributed by atoms with Gasteiger partial charge in [0.15, 0.2) is 0 Å². The van der Waals surface area contributed by atoms with Crippen LogP contribution in [0.25, 0.3) is 0 Å². The van der Waals surface area contributed by atoms with Crippen molar-refractivity contribution in [3.05, 3.63) is 98.5 Å². The number of benzodiazepines with no additional fused rings is 1. The molecule has 2 aliphatic heterocycles. The number of carbonyl (C=O) groups is 3. The summed E-state index contributed by atoms with van der Waals surface area (Å²) in [5, 5.41) is 6.53. The van der Waals surface area contributed by atoms with Crippen LogP contribution in [0.15, 0.2) is 65.7 Å². The molecule has 3 aromatic rings. The lowest BCUT2D eigenvalue weighted by molar-refractivity contribution is -0.129. The quantitative estimate of drug-likeness (QED) is 0.509. The molecule has 0 saturated heterocycles. The van der Waals surface area contributed by atoms with Gasteiger partial charge in [-0.15, -0.1) is 0 Å². The molecule has 0 fully saturated rings. The summed E-state index contributed by atoms with van der Waals surface area (Å²) in [6.45, 7) is 2.22. The molecule has 2 atom stereocenters. The number of hydrogen-bond acceptors (Lipinski definition) is 4. The zero-order valence-corrected chi connectivity index (χ0v) is 21.7. The molecule has 0 aliphatic carbocycles. The molecule has 0 bridgehead atoms. The number of nitrogens with zero attached hydrogens (tertiary/aromatic N) is 2. The molecule has 2 heterocycles. The van der Waals surface area contributed by atoms with Crippen molar-refractivity contribution in [2.75, 3.05) is 11.9 Å². The number of anilines is 1. The van der Waals surface area contributed by atoms with Gasteiger partial charge in [0, 0.05) is 36.2 Å². The van der Waals surface area contributed by atoms with Crippen LogP contribution in [0.2, 0.25) is 10.0 Å². The van der Waals surface area contributed by atoms with Gasteiger partial charge >= 0.3 is 0 Å². The Morgan fingerprint density at radius 1 is 1.08 bits per heavy atom. The number of rotatable bonds is 5. The Kier molecular flexibility index (Phi) is 6.75. The molecule has 0 aromatic heterocycles. The summed E-state index contributed by atoms with van der Waals surface area (Å²) in [7, 11) is 1.67. The van der Waals surface area contributed by atoms with Crippen molar-refractivity contribution in [1.29, 1.82) is 0 Å². The van der Waals surface area contributed by atoms with E-state index in [0.29, 0.717) is 40.0 Å². The Morgan fingerprint density at radius 2 is 1.86 bits per heavy atom. The zero-order chi connectivity index (χ0) is 26.3. The fraction of sp³-hybridized carbons (Fsp3) is 0.214. The normalized spacial score (nSPS) is 17.4. The van der Waals surface area contributed by atoms with E-state index in [1.54, 1.807) is 32.2 Å². The molecule has 2 N–H and O–H groups in total. The maximum Gasteiger partial charge on any atom is 0.272 e. The Hall–Kier alpha value is -3.68. The van der Waals surface area contributed by atoms with E-state index in [-0.39, 0.29) is 17.7 Å². The van der Waals surface area contributed by atoms with E-state index >= 15 is 0 Å². The van der Waals surface area contributed by atoms with Crippen molar-refractivity contribution in [2.24, 2.45) is 10.9 Å². The van der Waals surface area contributed by atoms with Crippen LogP contribution in [0, 0.1) is 5.92 Å². The number of likely N-dealkylation sites (N-methyl/N-ethyl adjacent to an activating group) is 1. The van der Waals surface area contributed by atoms with Gasteiger partial charge in [-0.2, -0.15) is 0 Å². The third-order valence-electron chi connectivity index (χ3n) is 6.66.